The monoisotopic (exact) mass is 496 g/mol. The zero-order valence-corrected chi connectivity index (χ0v) is 21.0. The van der Waals surface area contributed by atoms with Gasteiger partial charge in [0.15, 0.2) is 0 Å². The van der Waals surface area contributed by atoms with E-state index in [1.807, 2.05) is 31.2 Å². The lowest BCUT2D eigenvalue weighted by Gasteiger charge is -2.43. The summed E-state index contributed by atoms with van der Waals surface area (Å²) in [6.07, 6.45) is 3.45. The van der Waals surface area contributed by atoms with Gasteiger partial charge in [-0.05, 0) is 62.4 Å². The summed E-state index contributed by atoms with van der Waals surface area (Å²) in [5.41, 5.74) is 8.29. The van der Waals surface area contributed by atoms with Crippen LogP contribution in [0.5, 0.6) is 0 Å². The van der Waals surface area contributed by atoms with Crippen LogP contribution in [0.4, 0.5) is 4.39 Å². The summed E-state index contributed by atoms with van der Waals surface area (Å²) >= 11 is 0. The largest absolute Gasteiger partial charge is 0.377 e. The van der Waals surface area contributed by atoms with E-state index < -0.39 is 6.04 Å². The number of carbonyl (C=O) groups is 2. The third-order valence-electron chi connectivity index (χ3n) is 7.16. The lowest BCUT2D eigenvalue weighted by molar-refractivity contribution is -0.127. The number of benzene rings is 2. The van der Waals surface area contributed by atoms with Gasteiger partial charge < -0.3 is 20.7 Å². The smallest absolute Gasteiger partial charge is 0.254 e. The molecule has 2 aliphatic heterocycles. The maximum absolute atomic E-state index is 13.5. The molecule has 36 heavy (non-hydrogen) atoms. The topological polar surface area (TPSA) is 87.9 Å². The van der Waals surface area contributed by atoms with Gasteiger partial charge in [0.25, 0.3) is 5.91 Å². The Morgan fingerprint density at radius 1 is 1.14 bits per heavy atom. The van der Waals surface area contributed by atoms with Gasteiger partial charge in [-0.15, -0.1) is 0 Å². The number of rotatable bonds is 9. The van der Waals surface area contributed by atoms with Crippen LogP contribution in [0.15, 0.2) is 48.5 Å². The predicted molar refractivity (Wildman–Crippen MR) is 137 cm³/mol. The van der Waals surface area contributed by atoms with Crippen molar-refractivity contribution in [3.05, 3.63) is 71.0 Å². The highest BCUT2D eigenvalue weighted by Gasteiger charge is 2.39. The van der Waals surface area contributed by atoms with Crippen LogP contribution in [-0.4, -0.2) is 72.6 Å². The number of hydrogen-bond acceptors (Lipinski definition) is 5. The minimum atomic E-state index is -0.593. The molecule has 3 N–H and O–H groups in total. The Balaban J connectivity index is 1.55. The lowest BCUT2D eigenvalue weighted by Crippen LogP contribution is -2.58. The number of hydrogen-bond donors (Lipinski definition) is 2. The number of aryl methyl sites for hydroxylation is 1. The SMILES string of the molecule is Cc1ccc(C(=O)N2CCC(N(Cc3ccc(F)cc3)CC3CCCO3)C[C@@H]2C(=O)NCCN)cc1. The third kappa shape index (κ3) is 6.69. The first-order valence-corrected chi connectivity index (χ1v) is 12.9. The standard InChI is InChI=1S/C28H37FN4O3/c1-20-4-8-22(9-5-20)28(35)33-15-12-24(17-26(33)27(34)31-14-13-30)32(19-25-3-2-16-36-25)18-21-6-10-23(29)11-7-21/h4-11,24-26H,2-3,12-19,30H2,1H3,(H,31,34)/t24?,25?,26-/m1/s1. The van der Waals surface area contributed by atoms with Crippen molar-refractivity contribution >= 4 is 11.8 Å². The summed E-state index contributed by atoms with van der Waals surface area (Å²) in [6, 6.07) is 13.5. The average molecular weight is 497 g/mol. The summed E-state index contributed by atoms with van der Waals surface area (Å²) in [5, 5.41) is 2.89. The summed E-state index contributed by atoms with van der Waals surface area (Å²) in [6.45, 7) is 5.29. The quantitative estimate of drug-likeness (QED) is 0.558. The summed E-state index contributed by atoms with van der Waals surface area (Å²) in [5.74, 6) is -0.570. The van der Waals surface area contributed by atoms with Crippen LogP contribution in [0.25, 0.3) is 0 Å². The zero-order chi connectivity index (χ0) is 25.5. The van der Waals surface area contributed by atoms with E-state index in [2.05, 4.69) is 10.2 Å². The Kier molecular flexibility index (Phi) is 9.07. The first kappa shape index (κ1) is 26.3. The van der Waals surface area contributed by atoms with Crippen molar-refractivity contribution in [3.8, 4) is 0 Å². The molecule has 0 aromatic heterocycles. The molecule has 0 spiro atoms. The normalized spacial score (nSPS) is 22.1. The molecule has 8 heteroatoms. The van der Waals surface area contributed by atoms with Gasteiger partial charge in [0, 0.05) is 50.9 Å². The highest BCUT2D eigenvalue weighted by Crippen LogP contribution is 2.27. The number of halogens is 1. The van der Waals surface area contributed by atoms with Crippen LogP contribution >= 0.6 is 0 Å². The second kappa shape index (κ2) is 12.4. The number of nitrogens with one attached hydrogen (secondary N) is 1. The highest BCUT2D eigenvalue weighted by molar-refractivity contribution is 5.97. The number of likely N-dealkylation sites (tertiary alicyclic amines) is 1. The minimum absolute atomic E-state index is 0.0787. The molecule has 0 bridgehead atoms. The second-order valence-corrected chi connectivity index (χ2v) is 9.83. The van der Waals surface area contributed by atoms with Gasteiger partial charge in [-0.25, -0.2) is 4.39 Å². The van der Waals surface area contributed by atoms with Crippen molar-refractivity contribution in [3.63, 3.8) is 0 Å². The molecule has 0 aliphatic carbocycles. The van der Waals surface area contributed by atoms with Crippen molar-refractivity contribution in [2.45, 2.75) is 57.3 Å². The first-order valence-electron chi connectivity index (χ1n) is 12.9. The molecule has 7 nitrogen and oxygen atoms in total. The van der Waals surface area contributed by atoms with Crippen molar-refractivity contribution < 1.29 is 18.7 Å². The molecular formula is C28H37FN4O3. The number of nitrogens with zero attached hydrogens (tertiary/aromatic N) is 2. The van der Waals surface area contributed by atoms with Crippen LogP contribution in [0.1, 0.15) is 47.2 Å². The molecule has 2 aromatic carbocycles. The Morgan fingerprint density at radius 2 is 1.89 bits per heavy atom. The van der Waals surface area contributed by atoms with E-state index >= 15 is 0 Å². The Hall–Kier alpha value is -2.81. The van der Waals surface area contributed by atoms with E-state index in [4.69, 9.17) is 10.5 Å². The molecule has 0 saturated carbocycles. The highest BCUT2D eigenvalue weighted by atomic mass is 19.1. The van der Waals surface area contributed by atoms with E-state index in [-0.39, 0.29) is 29.8 Å². The van der Waals surface area contributed by atoms with Gasteiger partial charge in [-0.3, -0.25) is 14.5 Å². The van der Waals surface area contributed by atoms with Crippen molar-refractivity contribution in [2.75, 3.05) is 32.8 Å². The number of nitrogens with two attached hydrogens (primary N) is 1. The third-order valence-corrected chi connectivity index (χ3v) is 7.16. The molecule has 2 aromatic rings. The van der Waals surface area contributed by atoms with Gasteiger partial charge in [0.1, 0.15) is 11.9 Å². The molecule has 2 fully saturated rings. The maximum Gasteiger partial charge on any atom is 0.254 e. The van der Waals surface area contributed by atoms with Gasteiger partial charge in [0.2, 0.25) is 5.91 Å². The van der Waals surface area contributed by atoms with Crippen molar-refractivity contribution in [1.82, 2.24) is 15.1 Å². The minimum Gasteiger partial charge on any atom is -0.377 e. The second-order valence-electron chi connectivity index (χ2n) is 9.83. The predicted octanol–water partition coefficient (Wildman–Crippen LogP) is 2.86. The van der Waals surface area contributed by atoms with Crippen molar-refractivity contribution in [2.24, 2.45) is 5.73 Å². The number of amides is 2. The molecule has 194 valence electrons. The molecule has 2 saturated heterocycles. The summed E-state index contributed by atoms with van der Waals surface area (Å²) in [7, 11) is 0. The fourth-order valence-electron chi connectivity index (χ4n) is 5.16. The Bertz CT molecular complexity index is 1010. The molecule has 2 amide bonds. The maximum atomic E-state index is 13.5. The average Bonchev–Trinajstić information content (AvgIpc) is 3.41. The van der Waals surface area contributed by atoms with Crippen LogP contribution < -0.4 is 11.1 Å². The fraction of sp³-hybridized carbons (Fsp3) is 0.500. The van der Waals surface area contributed by atoms with E-state index in [9.17, 15) is 14.0 Å². The Labute approximate surface area is 212 Å². The van der Waals surface area contributed by atoms with Crippen molar-refractivity contribution in [1.29, 1.82) is 0 Å². The summed E-state index contributed by atoms with van der Waals surface area (Å²) in [4.78, 5) is 30.7. The van der Waals surface area contributed by atoms with Crippen LogP contribution in [0.3, 0.4) is 0 Å². The molecule has 0 radical (unpaired) electrons. The van der Waals surface area contributed by atoms with Gasteiger partial charge in [-0.2, -0.15) is 0 Å². The molecule has 2 aliphatic rings. The lowest BCUT2D eigenvalue weighted by atomic mass is 9.93. The summed E-state index contributed by atoms with van der Waals surface area (Å²) < 4.78 is 19.4. The van der Waals surface area contributed by atoms with E-state index in [1.165, 1.54) is 12.1 Å². The molecule has 3 atom stereocenters. The van der Waals surface area contributed by atoms with E-state index in [0.717, 1.165) is 43.5 Å². The molecule has 2 unspecified atom stereocenters. The van der Waals surface area contributed by atoms with E-state index in [0.29, 0.717) is 38.2 Å². The first-order chi connectivity index (χ1) is 17.4. The van der Waals surface area contributed by atoms with Crippen LogP contribution in [-0.2, 0) is 16.1 Å². The number of carbonyl (C=O) groups excluding carboxylic acids is 2. The number of piperidine rings is 1. The zero-order valence-electron chi connectivity index (χ0n) is 21.0. The van der Waals surface area contributed by atoms with Crippen LogP contribution in [0, 0.1) is 12.7 Å². The van der Waals surface area contributed by atoms with Crippen LogP contribution in [0.2, 0.25) is 0 Å². The Morgan fingerprint density at radius 3 is 2.56 bits per heavy atom. The fourth-order valence-corrected chi connectivity index (χ4v) is 5.16. The number of ether oxygens (including phenoxy) is 1. The molecular weight excluding hydrogens is 459 g/mol. The van der Waals surface area contributed by atoms with Gasteiger partial charge in [0.05, 0.1) is 6.10 Å². The van der Waals surface area contributed by atoms with Gasteiger partial charge >= 0.3 is 0 Å². The van der Waals surface area contributed by atoms with Gasteiger partial charge in [-0.1, -0.05) is 29.8 Å². The molecule has 4 rings (SSSR count). The molecule has 2 heterocycles. The van der Waals surface area contributed by atoms with E-state index in [1.54, 1.807) is 17.0 Å².